The van der Waals surface area contributed by atoms with Gasteiger partial charge in [-0.3, -0.25) is 4.79 Å². The number of aromatic nitrogens is 1. The molecule has 110 valence electrons. The van der Waals surface area contributed by atoms with E-state index in [1.54, 1.807) is 11.3 Å². The summed E-state index contributed by atoms with van der Waals surface area (Å²) in [6, 6.07) is 0. The predicted molar refractivity (Wildman–Crippen MR) is 79.2 cm³/mol. The van der Waals surface area contributed by atoms with E-state index in [4.69, 9.17) is 4.74 Å². The molecule has 1 aromatic rings. The first-order valence-corrected chi connectivity index (χ1v) is 8.13. The molecular weight excluding hydrogens is 274 g/mol. The van der Waals surface area contributed by atoms with Crippen molar-refractivity contribution in [2.75, 3.05) is 37.7 Å². The molecule has 2 aliphatic heterocycles. The summed E-state index contributed by atoms with van der Waals surface area (Å²) < 4.78 is 5.70. The summed E-state index contributed by atoms with van der Waals surface area (Å²) in [5.74, 6) is 0.155. The van der Waals surface area contributed by atoms with Crippen molar-refractivity contribution in [2.24, 2.45) is 0 Å². The summed E-state index contributed by atoms with van der Waals surface area (Å²) >= 11 is 1.68. The van der Waals surface area contributed by atoms with Crippen LogP contribution in [0.5, 0.6) is 0 Å². The number of rotatable bonds is 2. The van der Waals surface area contributed by atoms with E-state index in [2.05, 4.69) is 16.8 Å². The number of ether oxygens (including phenoxy) is 1. The fourth-order valence-electron chi connectivity index (χ4n) is 2.78. The molecule has 1 atom stereocenters. The zero-order valence-electron chi connectivity index (χ0n) is 11.9. The number of carbonyl (C=O) groups is 1. The van der Waals surface area contributed by atoms with Gasteiger partial charge in [-0.1, -0.05) is 0 Å². The van der Waals surface area contributed by atoms with Gasteiger partial charge in [0, 0.05) is 30.7 Å². The first-order chi connectivity index (χ1) is 9.74. The highest BCUT2D eigenvalue weighted by Crippen LogP contribution is 2.24. The maximum atomic E-state index is 12.5. The van der Waals surface area contributed by atoms with Crippen LogP contribution in [0.4, 0.5) is 5.13 Å². The van der Waals surface area contributed by atoms with Crippen molar-refractivity contribution in [3.8, 4) is 0 Å². The summed E-state index contributed by atoms with van der Waals surface area (Å²) in [6.45, 7) is 5.87. The Morgan fingerprint density at radius 2 is 2.15 bits per heavy atom. The van der Waals surface area contributed by atoms with E-state index in [0.717, 1.165) is 37.6 Å². The van der Waals surface area contributed by atoms with Crippen LogP contribution in [0.1, 0.15) is 24.1 Å². The van der Waals surface area contributed by atoms with E-state index in [1.807, 2.05) is 11.1 Å². The molecule has 0 bridgehead atoms. The molecule has 0 radical (unpaired) electrons. The Kier molecular flexibility index (Phi) is 4.21. The molecule has 2 fully saturated rings. The highest BCUT2D eigenvalue weighted by Gasteiger charge is 2.31. The van der Waals surface area contributed by atoms with Crippen LogP contribution in [0.15, 0.2) is 6.20 Å². The van der Waals surface area contributed by atoms with Gasteiger partial charge in [0.15, 0.2) is 11.2 Å². The van der Waals surface area contributed by atoms with Gasteiger partial charge in [-0.05, 0) is 26.2 Å². The van der Waals surface area contributed by atoms with Crippen molar-refractivity contribution in [1.29, 1.82) is 0 Å². The summed E-state index contributed by atoms with van der Waals surface area (Å²) in [5.41, 5.74) is 0. The number of hydrogen-bond donors (Lipinski definition) is 0. The number of piperidine rings is 1. The van der Waals surface area contributed by atoms with Gasteiger partial charge < -0.3 is 14.5 Å². The summed E-state index contributed by atoms with van der Waals surface area (Å²) in [4.78, 5) is 22.2. The summed E-state index contributed by atoms with van der Waals surface area (Å²) in [6.07, 6.45) is 5.03. The Morgan fingerprint density at radius 3 is 2.85 bits per heavy atom. The van der Waals surface area contributed by atoms with Gasteiger partial charge >= 0.3 is 0 Å². The molecule has 5 nitrogen and oxygen atoms in total. The molecule has 0 saturated carbocycles. The highest BCUT2D eigenvalue weighted by atomic mass is 32.1. The molecule has 2 aliphatic rings. The van der Waals surface area contributed by atoms with Gasteiger partial charge in [0.25, 0.3) is 5.91 Å². The minimum atomic E-state index is -0.328. The van der Waals surface area contributed by atoms with Gasteiger partial charge in [0.2, 0.25) is 0 Å². The molecule has 6 heteroatoms. The van der Waals surface area contributed by atoms with Crippen molar-refractivity contribution >= 4 is 22.4 Å². The maximum Gasteiger partial charge on any atom is 0.253 e. The number of thiazole rings is 1. The second-order valence-corrected chi connectivity index (χ2v) is 6.66. The molecule has 0 aliphatic carbocycles. The Morgan fingerprint density at radius 1 is 1.35 bits per heavy atom. The van der Waals surface area contributed by atoms with E-state index in [0.29, 0.717) is 13.2 Å². The lowest BCUT2D eigenvalue weighted by Crippen LogP contribution is -2.52. The first-order valence-electron chi connectivity index (χ1n) is 7.32. The fourth-order valence-corrected chi connectivity index (χ4v) is 3.57. The van der Waals surface area contributed by atoms with Gasteiger partial charge in [-0.25, -0.2) is 4.98 Å². The van der Waals surface area contributed by atoms with Crippen molar-refractivity contribution in [2.45, 2.75) is 32.3 Å². The highest BCUT2D eigenvalue weighted by molar-refractivity contribution is 7.15. The lowest BCUT2D eigenvalue weighted by atomic mass is 10.1. The number of hydrogen-bond acceptors (Lipinski definition) is 5. The zero-order valence-corrected chi connectivity index (χ0v) is 12.7. The fraction of sp³-hybridized carbons (Fsp3) is 0.714. The number of aryl methyl sites for hydroxylation is 1. The number of morpholine rings is 1. The third-order valence-electron chi connectivity index (χ3n) is 3.89. The van der Waals surface area contributed by atoms with Crippen molar-refractivity contribution in [3.05, 3.63) is 11.1 Å². The Balaban J connectivity index is 1.63. The van der Waals surface area contributed by atoms with E-state index in [9.17, 15) is 4.79 Å². The monoisotopic (exact) mass is 295 g/mol. The molecule has 1 amide bonds. The number of carbonyl (C=O) groups excluding carboxylic acids is 1. The van der Waals surface area contributed by atoms with Crippen LogP contribution in [0.25, 0.3) is 0 Å². The van der Waals surface area contributed by atoms with E-state index in [1.165, 1.54) is 11.3 Å². The average Bonchev–Trinajstić information content (AvgIpc) is 2.94. The maximum absolute atomic E-state index is 12.5. The molecule has 1 aromatic heterocycles. The van der Waals surface area contributed by atoms with Crippen LogP contribution in [0.2, 0.25) is 0 Å². The van der Waals surface area contributed by atoms with E-state index in [-0.39, 0.29) is 12.0 Å². The van der Waals surface area contributed by atoms with Gasteiger partial charge in [0.05, 0.1) is 13.2 Å². The third kappa shape index (κ3) is 2.96. The third-order valence-corrected chi connectivity index (χ3v) is 4.86. The molecule has 0 N–H and O–H groups in total. The average molecular weight is 295 g/mol. The number of likely N-dealkylation sites (tertiary alicyclic amines) is 1. The molecular formula is C14H21N3O2S. The van der Waals surface area contributed by atoms with Crippen LogP contribution < -0.4 is 4.90 Å². The van der Waals surface area contributed by atoms with Crippen molar-refractivity contribution in [3.63, 3.8) is 0 Å². The number of amides is 1. The lowest BCUT2D eigenvalue weighted by Gasteiger charge is -2.36. The topological polar surface area (TPSA) is 45.7 Å². The first kappa shape index (κ1) is 13.8. The van der Waals surface area contributed by atoms with Crippen LogP contribution in [0, 0.1) is 6.92 Å². The second-order valence-electron chi connectivity index (χ2n) is 5.44. The van der Waals surface area contributed by atoms with E-state index < -0.39 is 0 Å². The van der Waals surface area contributed by atoms with Gasteiger partial charge in [-0.2, -0.15) is 0 Å². The predicted octanol–water partition coefficient (Wildman–Crippen LogP) is 1.67. The van der Waals surface area contributed by atoms with Crippen LogP contribution in [0.3, 0.4) is 0 Å². The SMILES string of the molecule is Cc1cnc(N2CCOC(C(=O)N3CCCCC3)C2)s1. The van der Waals surface area contributed by atoms with Crippen LogP contribution in [-0.4, -0.2) is 54.7 Å². The molecule has 3 rings (SSSR count). The molecule has 20 heavy (non-hydrogen) atoms. The van der Waals surface area contributed by atoms with Crippen LogP contribution >= 0.6 is 11.3 Å². The number of anilines is 1. The lowest BCUT2D eigenvalue weighted by molar-refractivity contribution is -0.145. The minimum absolute atomic E-state index is 0.155. The number of nitrogens with zero attached hydrogens (tertiary/aromatic N) is 3. The molecule has 1 unspecified atom stereocenters. The summed E-state index contributed by atoms with van der Waals surface area (Å²) in [5, 5.41) is 1.00. The Hall–Kier alpha value is -1.14. The molecule has 0 spiro atoms. The van der Waals surface area contributed by atoms with Crippen molar-refractivity contribution < 1.29 is 9.53 Å². The molecule has 2 saturated heterocycles. The quantitative estimate of drug-likeness (QED) is 0.832. The van der Waals surface area contributed by atoms with Gasteiger partial charge in [-0.15, -0.1) is 11.3 Å². The van der Waals surface area contributed by atoms with E-state index >= 15 is 0 Å². The van der Waals surface area contributed by atoms with Gasteiger partial charge in [0.1, 0.15) is 0 Å². The van der Waals surface area contributed by atoms with Crippen LogP contribution in [-0.2, 0) is 9.53 Å². The minimum Gasteiger partial charge on any atom is -0.365 e. The van der Waals surface area contributed by atoms with Crippen molar-refractivity contribution in [1.82, 2.24) is 9.88 Å². The largest absolute Gasteiger partial charge is 0.365 e. The normalized spacial score (nSPS) is 23.9. The molecule has 3 heterocycles. The Bertz CT molecular complexity index is 471. The zero-order chi connectivity index (χ0) is 13.9. The summed E-state index contributed by atoms with van der Waals surface area (Å²) in [7, 11) is 0. The standard InChI is InChI=1S/C14H21N3O2S/c1-11-9-15-14(20-11)17-7-8-19-12(10-17)13(18)16-5-3-2-4-6-16/h9,12H,2-8,10H2,1H3. The Labute approximate surface area is 123 Å². The molecule has 0 aromatic carbocycles. The smallest absolute Gasteiger partial charge is 0.253 e. The second kappa shape index (κ2) is 6.10.